The number of aromatic nitrogens is 1. The van der Waals surface area contributed by atoms with Crippen molar-refractivity contribution in [3.05, 3.63) is 65.7 Å². The maximum Gasteiger partial charge on any atom is 0.123 e. The average molecular weight is 272 g/mol. The average Bonchev–Trinajstić information content (AvgIpc) is 2.46. The number of hydrogen-bond donors (Lipinski definition) is 1. The van der Waals surface area contributed by atoms with E-state index in [-0.39, 0.29) is 17.9 Å². The van der Waals surface area contributed by atoms with E-state index in [1.165, 1.54) is 12.1 Å². The van der Waals surface area contributed by atoms with Crippen molar-refractivity contribution in [2.24, 2.45) is 5.92 Å². The van der Waals surface area contributed by atoms with Gasteiger partial charge in [-0.15, -0.1) is 0 Å². The molecule has 0 saturated heterocycles. The fourth-order valence-corrected chi connectivity index (χ4v) is 2.33. The molecule has 2 rings (SSSR count). The second-order valence-electron chi connectivity index (χ2n) is 5.42. The first kappa shape index (κ1) is 14.7. The summed E-state index contributed by atoms with van der Waals surface area (Å²) in [5.74, 6) is 0.209. The molecule has 0 amide bonds. The Balaban J connectivity index is 2.16. The molecule has 1 heterocycles. The van der Waals surface area contributed by atoms with E-state index in [1.807, 2.05) is 30.3 Å². The molecule has 1 aromatic carbocycles. The quantitative estimate of drug-likeness (QED) is 0.879. The topological polar surface area (TPSA) is 24.9 Å². The van der Waals surface area contributed by atoms with Crippen LogP contribution in [0.1, 0.15) is 44.1 Å². The summed E-state index contributed by atoms with van der Waals surface area (Å²) < 4.78 is 13.0. The lowest BCUT2D eigenvalue weighted by Gasteiger charge is -2.26. The van der Waals surface area contributed by atoms with Crippen molar-refractivity contribution in [2.45, 2.75) is 32.9 Å². The van der Waals surface area contributed by atoms with E-state index < -0.39 is 0 Å². The van der Waals surface area contributed by atoms with E-state index in [1.54, 1.807) is 6.20 Å². The maximum atomic E-state index is 13.0. The fourth-order valence-electron chi connectivity index (χ4n) is 2.33. The minimum Gasteiger partial charge on any atom is -0.302 e. The van der Waals surface area contributed by atoms with Gasteiger partial charge in [0.25, 0.3) is 0 Å². The molecular formula is C17H21FN2. The highest BCUT2D eigenvalue weighted by Gasteiger charge is 2.19. The Labute approximate surface area is 120 Å². The third kappa shape index (κ3) is 3.64. The Morgan fingerprint density at radius 1 is 1.00 bits per heavy atom. The van der Waals surface area contributed by atoms with Gasteiger partial charge in [0.2, 0.25) is 0 Å². The second kappa shape index (κ2) is 6.62. The highest BCUT2D eigenvalue weighted by atomic mass is 19.1. The summed E-state index contributed by atoms with van der Waals surface area (Å²) in [4.78, 5) is 4.38. The van der Waals surface area contributed by atoms with Crippen LogP contribution in [0.25, 0.3) is 0 Å². The summed E-state index contributed by atoms with van der Waals surface area (Å²) in [6, 6.07) is 13.0. The standard InChI is InChI=1S/C17H21FN2/c1-12(2)17(14-7-9-15(18)10-8-14)20-13(3)16-6-4-5-11-19-16/h4-13,17,20H,1-3H3. The largest absolute Gasteiger partial charge is 0.302 e. The van der Waals surface area contributed by atoms with Gasteiger partial charge < -0.3 is 5.32 Å². The van der Waals surface area contributed by atoms with Crippen molar-refractivity contribution in [3.8, 4) is 0 Å². The molecule has 0 aliphatic heterocycles. The Kier molecular flexibility index (Phi) is 4.85. The van der Waals surface area contributed by atoms with Crippen LogP contribution in [-0.4, -0.2) is 4.98 Å². The third-order valence-electron chi connectivity index (χ3n) is 3.46. The van der Waals surface area contributed by atoms with Crippen molar-refractivity contribution < 1.29 is 4.39 Å². The number of rotatable bonds is 5. The number of hydrogen-bond acceptors (Lipinski definition) is 2. The fraction of sp³-hybridized carbons (Fsp3) is 0.353. The summed E-state index contributed by atoms with van der Waals surface area (Å²) in [7, 11) is 0. The molecule has 20 heavy (non-hydrogen) atoms. The van der Waals surface area contributed by atoms with E-state index in [4.69, 9.17) is 0 Å². The van der Waals surface area contributed by atoms with Gasteiger partial charge in [0.1, 0.15) is 5.82 Å². The molecule has 2 aromatic rings. The molecule has 3 heteroatoms. The predicted molar refractivity (Wildman–Crippen MR) is 79.8 cm³/mol. The van der Waals surface area contributed by atoms with Crippen LogP contribution in [0.4, 0.5) is 4.39 Å². The molecule has 0 spiro atoms. The van der Waals surface area contributed by atoms with Crippen molar-refractivity contribution in [1.82, 2.24) is 10.3 Å². The SMILES string of the molecule is CC(NC(c1ccc(F)cc1)C(C)C)c1ccccn1. The van der Waals surface area contributed by atoms with E-state index in [0.717, 1.165) is 11.3 Å². The van der Waals surface area contributed by atoms with Crippen LogP contribution in [0.5, 0.6) is 0 Å². The number of nitrogens with zero attached hydrogens (tertiary/aromatic N) is 1. The summed E-state index contributed by atoms with van der Waals surface area (Å²) in [5.41, 5.74) is 2.12. The highest BCUT2D eigenvalue weighted by molar-refractivity contribution is 5.21. The van der Waals surface area contributed by atoms with E-state index in [9.17, 15) is 4.39 Å². The Morgan fingerprint density at radius 2 is 1.70 bits per heavy atom. The van der Waals surface area contributed by atoms with E-state index in [2.05, 4.69) is 31.1 Å². The molecule has 1 aromatic heterocycles. The molecule has 0 bridgehead atoms. The molecule has 106 valence electrons. The molecule has 2 nitrogen and oxygen atoms in total. The van der Waals surface area contributed by atoms with Crippen LogP contribution in [-0.2, 0) is 0 Å². The first-order chi connectivity index (χ1) is 9.58. The number of benzene rings is 1. The van der Waals surface area contributed by atoms with Crippen LogP contribution in [0.2, 0.25) is 0 Å². The first-order valence-corrected chi connectivity index (χ1v) is 7.00. The predicted octanol–water partition coefficient (Wildman–Crippen LogP) is 4.27. The lowest BCUT2D eigenvalue weighted by Crippen LogP contribution is -2.28. The summed E-state index contributed by atoms with van der Waals surface area (Å²) in [6.07, 6.45) is 1.80. The molecule has 1 N–H and O–H groups in total. The smallest absolute Gasteiger partial charge is 0.123 e. The van der Waals surface area contributed by atoms with Gasteiger partial charge in [-0.2, -0.15) is 0 Å². The minimum absolute atomic E-state index is 0.147. The summed E-state index contributed by atoms with van der Waals surface area (Å²) in [5, 5.41) is 3.58. The molecular weight excluding hydrogens is 251 g/mol. The van der Waals surface area contributed by atoms with Crippen LogP contribution >= 0.6 is 0 Å². The Bertz CT molecular complexity index is 522. The number of nitrogens with one attached hydrogen (secondary N) is 1. The van der Waals surface area contributed by atoms with Crippen molar-refractivity contribution in [1.29, 1.82) is 0 Å². The van der Waals surface area contributed by atoms with Gasteiger partial charge in [0, 0.05) is 18.3 Å². The zero-order valence-electron chi connectivity index (χ0n) is 12.2. The zero-order valence-corrected chi connectivity index (χ0v) is 12.2. The van der Waals surface area contributed by atoms with Crippen molar-refractivity contribution in [3.63, 3.8) is 0 Å². The van der Waals surface area contributed by atoms with Crippen molar-refractivity contribution >= 4 is 0 Å². The maximum absolute atomic E-state index is 13.0. The van der Waals surface area contributed by atoms with Crippen LogP contribution in [0, 0.1) is 11.7 Å². The van der Waals surface area contributed by atoms with Crippen LogP contribution < -0.4 is 5.32 Å². The van der Waals surface area contributed by atoms with Gasteiger partial charge >= 0.3 is 0 Å². The highest BCUT2D eigenvalue weighted by Crippen LogP contribution is 2.25. The van der Waals surface area contributed by atoms with Crippen molar-refractivity contribution in [2.75, 3.05) is 0 Å². The Morgan fingerprint density at radius 3 is 2.25 bits per heavy atom. The van der Waals surface area contributed by atoms with Crippen LogP contribution in [0.15, 0.2) is 48.7 Å². The molecule has 2 unspecified atom stereocenters. The van der Waals surface area contributed by atoms with E-state index >= 15 is 0 Å². The van der Waals surface area contributed by atoms with Gasteiger partial charge in [0.05, 0.1) is 5.69 Å². The van der Waals surface area contributed by atoms with Gasteiger partial charge in [0.15, 0.2) is 0 Å². The molecule has 0 aliphatic rings. The Hall–Kier alpha value is -1.74. The monoisotopic (exact) mass is 272 g/mol. The molecule has 0 aliphatic carbocycles. The summed E-state index contributed by atoms with van der Waals surface area (Å²) >= 11 is 0. The normalized spacial score (nSPS) is 14.2. The number of halogens is 1. The van der Waals surface area contributed by atoms with E-state index in [0.29, 0.717) is 5.92 Å². The molecule has 0 saturated carbocycles. The molecule has 0 fully saturated rings. The third-order valence-corrected chi connectivity index (χ3v) is 3.46. The molecule has 0 radical (unpaired) electrons. The minimum atomic E-state index is -0.200. The van der Waals surface area contributed by atoms with Crippen LogP contribution in [0.3, 0.4) is 0 Å². The lowest BCUT2D eigenvalue weighted by atomic mass is 9.95. The van der Waals surface area contributed by atoms with Gasteiger partial charge in [-0.1, -0.05) is 32.0 Å². The summed E-state index contributed by atoms with van der Waals surface area (Å²) in [6.45, 7) is 6.42. The van der Waals surface area contributed by atoms with Gasteiger partial charge in [-0.05, 0) is 42.7 Å². The van der Waals surface area contributed by atoms with Gasteiger partial charge in [-0.3, -0.25) is 4.98 Å². The zero-order chi connectivity index (χ0) is 14.5. The van der Waals surface area contributed by atoms with Gasteiger partial charge in [-0.25, -0.2) is 4.39 Å². The number of pyridine rings is 1. The first-order valence-electron chi connectivity index (χ1n) is 7.00. The second-order valence-corrected chi connectivity index (χ2v) is 5.42. The lowest BCUT2D eigenvalue weighted by molar-refractivity contribution is 0.370. The molecule has 2 atom stereocenters.